The van der Waals surface area contributed by atoms with E-state index in [-0.39, 0.29) is 82.2 Å². The summed E-state index contributed by atoms with van der Waals surface area (Å²) in [4.78, 5) is 188. The lowest BCUT2D eigenvalue weighted by Crippen LogP contribution is -2.29. The topological polar surface area (TPSA) is 597 Å². The molecule has 0 aliphatic rings. The Bertz CT molecular complexity index is 5890. The highest BCUT2D eigenvalue weighted by Gasteiger charge is 2.39. The van der Waals surface area contributed by atoms with E-state index in [0.29, 0.717) is 0 Å². The minimum absolute atomic E-state index is 0.0209. The van der Waals surface area contributed by atoms with Crippen LogP contribution in [0, 0.1) is 66.6 Å². The quantitative estimate of drug-likeness (QED) is 0.0164. The lowest BCUT2D eigenvalue weighted by Gasteiger charge is -2.16. The molecule has 0 atom stereocenters. The maximum absolute atomic E-state index is 13.5. The lowest BCUT2D eigenvalue weighted by molar-refractivity contribution is -0.122. The molecular weight excluding hydrogens is 1940 g/mol. The van der Waals surface area contributed by atoms with Crippen LogP contribution in [0.2, 0.25) is 25.1 Å². The Labute approximate surface area is 820 Å². The smallest absolute Gasteiger partial charge is 0.232 e. The van der Waals surface area contributed by atoms with E-state index in [1.54, 1.807) is 145 Å². The van der Waals surface area contributed by atoms with Crippen LogP contribution in [0.1, 0.15) is 262 Å². The molecule has 8 rings (SSSR count). The molecule has 0 aromatic heterocycles. The molecule has 0 spiro atoms. The lowest BCUT2D eigenvalue weighted by atomic mass is 9.86. The van der Waals surface area contributed by atoms with E-state index < -0.39 is 251 Å². The zero-order chi connectivity index (χ0) is 109. The summed E-state index contributed by atoms with van der Waals surface area (Å²) < 4.78 is 53.2. The first-order chi connectivity index (χ1) is 62.6. The molecule has 0 saturated carbocycles. The van der Waals surface area contributed by atoms with Crippen LogP contribution in [0.15, 0.2) is 91.0 Å². The maximum atomic E-state index is 13.5. The molecule has 0 aliphatic heterocycles. The molecule has 16 N–H and O–H groups in total. The highest BCUT2D eigenvalue weighted by molar-refractivity contribution is 6.52. The Morgan fingerprint density at radius 1 is 0.223 bits per heavy atom. The number of benzene rings is 8. The fraction of sp³-hybridized carbons (Fsp3) is 0.347. The van der Waals surface area contributed by atoms with Crippen LogP contribution in [0.4, 0.5) is 17.6 Å². The average Bonchev–Trinajstić information content (AvgIpc) is 0.738. The Morgan fingerprint density at radius 3 is 0.813 bits per heavy atom. The van der Waals surface area contributed by atoms with Crippen molar-refractivity contribution in [3.05, 3.63) is 184 Å². The van der Waals surface area contributed by atoms with E-state index in [9.17, 15) is 140 Å². The van der Waals surface area contributed by atoms with Gasteiger partial charge in [-0.1, -0.05) is 224 Å². The van der Waals surface area contributed by atoms with Crippen LogP contribution in [-0.4, -0.2) is 174 Å². The number of hydrogen-bond acceptors (Lipinski definition) is 32. The highest BCUT2D eigenvalue weighted by Crippen LogP contribution is 2.44. The zero-order valence-electron chi connectivity index (χ0n) is 79.7. The first kappa shape index (κ1) is 123. The number of phenols is 16. The third kappa shape index (κ3) is 34.8. The first-order valence-electron chi connectivity index (χ1n) is 40.6. The van der Waals surface area contributed by atoms with Crippen molar-refractivity contribution in [3.63, 3.8) is 0 Å². The Balaban J connectivity index is 0.000000794. The van der Waals surface area contributed by atoms with Crippen molar-refractivity contribution in [3.8, 4) is 92.0 Å². The van der Waals surface area contributed by atoms with Crippen molar-refractivity contribution in [1.82, 2.24) is 0 Å². The van der Waals surface area contributed by atoms with Crippen LogP contribution in [-0.2, 0) is 38.4 Å². The molecular formula is C98H107Cl5F4O32. The van der Waals surface area contributed by atoms with E-state index in [4.69, 9.17) is 93.8 Å². The highest BCUT2D eigenvalue weighted by atomic mass is 35.5. The predicted octanol–water partition coefficient (Wildman–Crippen LogP) is 19.8. The van der Waals surface area contributed by atoms with Crippen LogP contribution in [0.3, 0.4) is 0 Å². The molecule has 0 radical (unpaired) electrons. The van der Waals surface area contributed by atoms with Gasteiger partial charge in [0.1, 0.15) is 0 Å². The monoisotopic (exact) mass is 2050 g/mol. The largest absolute Gasteiger partial charge is 0.504 e. The average molecular weight is 2050 g/mol. The fourth-order valence-electron chi connectivity index (χ4n) is 10.1. The molecule has 0 unspecified atom stereocenters. The summed E-state index contributed by atoms with van der Waals surface area (Å²) in [5, 5.41) is 146. The Kier molecular flexibility index (Phi) is 42.8. The van der Waals surface area contributed by atoms with Gasteiger partial charge in [-0.25, -0.2) is 17.6 Å². The molecule has 32 nitrogen and oxygen atoms in total. The molecule has 0 fully saturated rings. The van der Waals surface area contributed by atoms with Gasteiger partial charge in [-0.3, -0.25) is 76.7 Å². The van der Waals surface area contributed by atoms with Crippen molar-refractivity contribution in [2.75, 3.05) is 0 Å². The molecule has 139 heavy (non-hydrogen) atoms. The van der Waals surface area contributed by atoms with Crippen LogP contribution in [0.25, 0.3) is 0 Å². The number of aromatic hydroxyl groups is 16. The van der Waals surface area contributed by atoms with E-state index in [0.717, 1.165) is 84.9 Å². The third-order valence-electron chi connectivity index (χ3n) is 17.9. The summed E-state index contributed by atoms with van der Waals surface area (Å²) >= 11 is 28.4. The minimum Gasteiger partial charge on any atom is -0.504 e. The molecule has 8 aromatic carbocycles. The maximum Gasteiger partial charge on any atom is 0.232 e. The van der Waals surface area contributed by atoms with Gasteiger partial charge in [-0.05, 0) is 95.8 Å². The number of Topliss-reactive ketones (excluding diaryl/α,β-unsaturated/α-hetero) is 16. The summed E-state index contributed by atoms with van der Waals surface area (Å²) in [6, 6.07) is 14.7. The fourth-order valence-corrected chi connectivity index (χ4v) is 11.2. The molecule has 41 heteroatoms. The summed E-state index contributed by atoms with van der Waals surface area (Å²) in [6.45, 7) is 39.3. The minimum atomic E-state index is -1.28. The van der Waals surface area contributed by atoms with E-state index in [1.165, 1.54) is 26.8 Å². The Hall–Kier alpha value is -13.6. The van der Waals surface area contributed by atoms with Gasteiger partial charge in [-0.2, -0.15) is 0 Å². The molecule has 0 heterocycles. The van der Waals surface area contributed by atoms with Crippen molar-refractivity contribution < 1.29 is 176 Å². The van der Waals surface area contributed by atoms with Crippen molar-refractivity contribution in [1.29, 1.82) is 0 Å². The van der Waals surface area contributed by atoms with Crippen molar-refractivity contribution in [2.45, 2.75) is 179 Å². The SMILES string of the molecule is CC(C)(C)C(=O)C(=O)c1cc(Cl)c(O)c(O)c1Cl.CC(C)(C)C(=O)C(=O)c1cc(O)c(O)c(Cl)c1.CC(C)(C)C(=O)C(=O)c1cc(O)c(O)c(F)c1.CC(C)(C)C(=O)C(=O)c1cc(O)c(O)cc1Cl.CC(C)(C)C(=O)C(=O)c1ccc(O)c(O)c1Cl.CC(C)(C)C(=O)C(=O)c1ccc(O)c(O)c1F.CC(C)(C)CC(=O)C(=O)c1cc(O)c(O)c(F)c1.CC(C)(C)CC(=O)C(=O)c1ccc(O)c(O)c1F. The number of halogens is 9. The van der Waals surface area contributed by atoms with Gasteiger partial charge in [0.15, 0.2) is 115 Å². The molecule has 0 amide bonds. The second kappa shape index (κ2) is 48.2. The number of rotatable bonds is 18. The summed E-state index contributed by atoms with van der Waals surface area (Å²) in [5.41, 5.74) is -8.00. The predicted molar refractivity (Wildman–Crippen MR) is 503 cm³/mol. The van der Waals surface area contributed by atoms with Gasteiger partial charge < -0.3 is 81.7 Å². The van der Waals surface area contributed by atoms with E-state index in [2.05, 4.69) is 0 Å². The summed E-state index contributed by atoms with van der Waals surface area (Å²) in [7, 11) is 0. The molecule has 0 aliphatic carbocycles. The van der Waals surface area contributed by atoms with Gasteiger partial charge in [0.05, 0.1) is 36.2 Å². The zero-order valence-corrected chi connectivity index (χ0v) is 83.4. The number of carbonyl (C=O) groups is 16. The molecule has 0 saturated heterocycles. The Morgan fingerprint density at radius 2 is 0.482 bits per heavy atom. The molecule has 8 aromatic rings. The van der Waals surface area contributed by atoms with Gasteiger partial charge in [0, 0.05) is 84.8 Å². The van der Waals surface area contributed by atoms with E-state index in [1.807, 2.05) is 0 Å². The normalized spacial score (nSPS) is 11.3. The van der Waals surface area contributed by atoms with Gasteiger partial charge in [0.25, 0.3) is 0 Å². The molecule has 0 bridgehead atoms. The number of ketones is 16. The first-order valence-corrected chi connectivity index (χ1v) is 42.5. The van der Waals surface area contributed by atoms with Gasteiger partial charge in [0.2, 0.25) is 92.5 Å². The summed E-state index contributed by atoms with van der Waals surface area (Å²) in [5.74, 6) is -28.2. The van der Waals surface area contributed by atoms with Gasteiger partial charge in [-0.15, -0.1) is 0 Å². The van der Waals surface area contributed by atoms with Crippen molar-refractivity contribution in [2.24, 2.45) is 43.3 Å². The van der Waals surface area contributed by atoms with E-state index >= 15 is 0 Å². The van der Waals surface area contributed by atoms with Crippen LogP contribution >= 0.6 is 58.0 Å². The molecule has 754 valence electrons. The summed E-state index contributed by atoms with van der Waals surface area (Å²) in [6.07, 6.45) is 0.00199. The van der Waals surface area contributed by atoms with Gasteiger partial charge >= 0.3 is 0 Å². The van der Waals surface area contributed by atoms with Crippen LogP contribution in [0.5, 0.6) is 92.0 Å². The number of phenolic OH excluding ortho intramolecular Hbond substituents is 16. The second-order valence-corrected chi connectivity index (χ2v) is 41.0. The van der Waals surface area contributed by atoms with Crippen LogP contribution < -0.4 is 0 Å². The number of carbonyl (C=O) groups excluding carboxylic acids is 16. The third-order valence-corrected chi connectivity index (χ3v) is 19.5. The van der Waals surface area contributed by atoms with Crippen molar-refractivity contribution >= 4 is 151 Å². The second-order valence-electron chi connectivity index (χ2n) is 39.0. The number of hydrogen-bond donors (Lipinski definition) is 16. The standard InChI is InChI=1S/2C13H15FO4.C12H12Cl2O4.3C12H13ClO4.2C12H13FO4/c1-13(2,3)6-10(16)11(17)7-4-8(14)12(18)9(15)5-7;1-13(2,3)6-9(16)11(17)7-4-5-8(15)12(18)10(7)14;1-12(2,3)11(18)8(15)5-4-6(13)9(16)10(17)7(5)14;1-12(2,3)11(17)10(16)6-4-8(14)9(15)5-7(6)13;1-12(2,3)11(17)9(15)6-4-7(13)10(16)8(14)5-6;1-12(2,3)11(17)9(15)6-4-5-7(14)10(16)8(6)13;1-12(2,3)11(17)9(15)6-4-7(13)10(16)8(14)5-6;1-12(2,3)11(17)9(15)6-4-5-7(14)10(16)8(6)13/h2*4-5,15,18H,6H2,1-3H3;4,16-17H,1-3H3;4-5,14-15H,1-3H3;4*4-5,14,16H,1-3H3.